The van der Waals surface area contributed by atoms with Gasteiger partial charge in [-0.15, -0.1) is 11.3 Å². The van der Waals surface area contributed by atoms with E-state index in [0.29, 0.717) is 40.9 Å². The van der Waals surface area contributed by atoms with Crippen molar-refractivity contribution in [1.29, 1.82) is 0 Å². The van der Waals surface area contributed by atoms with Crippen molar-refractivity contribution in [2.75, 3.05) is 18.1 Å². The van der Waals surface area contributed by atoms with E-state index in [-0.39, 0.29) is 11.3 Å². The highest BCUT2D eigenvalue weighted by molar-refractivity contribution is 7.22. The monoisotopic (exact) mass is 506 g/mol. The van der Waals surface area contributed by atoms with Gasteiger partial charge in [0.05, 0.1) is 29.0 Å². The summed E-state index contributed by atoms with van der Waals surface area (Å²) in [6, 6.07) is 15.3. The van der Waals surface area contributed by atoms with Crippen molar-refractivity contribution < 1.29 is 24.2 Å². The third-order valence-corrected chi connectivity index (χ3v) is 7.48. The van der Waals surface area contributed by atoms with E-state index >= 15 is 0 Å². The summed E-state index contributed by atoms with van der Waals surface area (Å²) in [7, 11) is 0. The molecule has 1 aliphatic rings. The number of fused-ring (bicyclic) bond motifs is 1. The fourth-order valence-corrected chi connectivity index (χ4v) is 5.90. The number of nitrogens with zero attached hydrogens (tertiary/aromatic N) is 2. The highest BCUT2D eigenvalue weighted by Crippen LogP contribution is 2.45. The van der Waals surface area contributed by atoms with Crippen LogP contribution in [0.25, 0.3) is 16.0 Å². The first-order valence-corrected chi connectivity index (χ1v) is 12.8. The largest absolute Gasteiger partial charge is 0.507 e. The van der Waals surface area contributed by atoms with Crippen molar-refractivity contribution >= 4 is 55.5 Å². The second-order valence-corrected chi connectivity index (χ2v) is 9.69. The number of carbonyl (C=O) groups is 2. The van der Waals surface area contributed by atoms with Crippen molar-refractivity contribution in [3.05, 3.63) is 76.0 Å². The number of ether oxygens (including phenoxy) is 2. The molecule has 5 rings (SSSR count). The van der Waals surface area contributed by atoms with Crippen molar-refractivity contribution in [1.82, 2.24) is 4.98 Å². The van der Waals surface area contributed by atoms with E-state index in [1.165, 1.54) is 27.6 Å². The van der Waals surface area contributed by atoms with Crippen LogP contribution in [0.3, 0.4) is 0 Å². The van der Waals surface area contributed by atoms with Crippen LogP contribution in [-0.2, 0) is 9.59 Å². The van der Waals surface area contributed by atoms with E-state index < -0.39 is 17.7 Å². The lowest BCUT2D eigenvalue weighted by molar-refractivity contribution is -0.132. The number of aliphatic hydroxyl groups is 1. The van der Waals surface area contributed by atoms with E-state index in [1.54, 1.807) is 24.3 Å². The van der Waals surface area contributed by atoms with Crippen LogP contribution in [0.1, 0.15) is 30.3 Å². The molecule has 1 N–H and O–H groups in total. The number of amides is 1. The normalized spacial score (nSPS) is 17.3. The molecule has 35 heavy (non-hydrogen) atoms. The molecule has 1 atom stereocenters. The average molecular weight is 507 g/mol. The van der Waals surface area contributed by atoms with Crippen LogP contribution in [0.2, 0.25) is 0 Å². The number of ketones is 1. The van der Waals surface area contributed by atoms with Gasteiger partial charge in [0.1, 0.15) is 23.3 Å². The van der Waals surface area contributed by atoms with Gasteiger partial charge < -0.3 is 14.6 Å². The zero-order valence-corrected chi connectivity index (χ0v) is 20.7. The molecule has 0 bridgehead atoms. The molecular weight excluding hydrogens is 484 g/mol. The molecule has 3 heterocycles. The molecule has 1 aliphatic heterocycles. The molecule has 0 spiro atoms. The molecular formula is C26H22N2O5S2. The number of hydrogen-bond donors (Lipinski definition) is 1. The van der Waals surface area contributed by atoms with Crippen LogP contribution in [0.15, 0.2) is 65.6 Å². The second-order valence-electron chi connectivity index (χ2n) is 7.70. The van der Waals surface area contributed by atoms with Crippen LogP contribution in [0.5, 0.6) is 11.5 Å². The highest BCUT2D eigenvalue weighted by Gasteiger charge is 2.48. The molecule has 2 aromatic heterocycles. The van der Waals surface area contributed by atoms with Gasteiger partial charge in [-0.1, -0.05) is 29.5 Å². The van der Waals surface area contributed by atoms with Crippen LogP contribution in [0.4, 0.5) is 5.13 Å². The van der Waals surface area contributed by atoms with Gasteiger partial charge in [-0.05, 0) is 55.6 Å². The Hall–Kier alpha value is -3.69. The topological polar surface area (TPSA) is 89.0 Å². The number of aromatic nitrogens is 1. The summed E-state index contributed by atoms with van der Waals surface area (Å²) in [6.07, 6.45) is 0. The van der Waals surface area contributed by atoms with Gasteiger partial charge in [0.2, 0.25) is 0 Å². The Balaban J connectivity index is 1.65. The molecule has 1 fully saturated rings. The summed E-state index contributed by atoms with van der Waals surface area (Å²) in [5, 5.41) is 13.5. The zero-order chi connectivity index (χ0) is 24.5. The predicted octanol–water partition coefficient (Wildman–Crippen LogP) is 5.78. The Labute approximate surface area is 209 Å². The second kappa shape index (κ2) is 9.52. The quantitative estimate of drug-likeness (QED) is 0.194. The summed E-state index contributed by atoms with van der Waals surface area (Å²) in [6.45, 7) is 4.78. The summed E-state index contributed by atoms with van der Waals surface area (Å²) < 4.78 is 12.0. The van der Waals surface area contributed by atoms with Crippen LogP contribution >= 0.6 is 22.7 Å². The molecule has 178 valence electrons. The number of benzene rings is 2. The van der Waals surface area contributed by atoms with E-state index in [4.69, 9.17) is 9.47 Å². The van der Waals surface area contributed by atoms with Crippen molar-refractivity contribution in [3.63, 3.8) is 0 Å². The highest BCUT2D eigenvalue weighted by atomic mass is 32.1. The number of rotatable bonds is 7. The first kappa shape index (κ1) is 23.1. The number of carbonyl (C=O) groups excluding carboxylic acids is 2. The van der Waals surface area contributed by atoms with Gasteiger partial charge in [-0.2, -0.15) is 0 Å². The SMILES string of the molecule is CCOc1cccc(/C(O)=C2\C(=O)C(=O)N(c3nc4ccc(OCC)cc4s3)C2c2cccs2)c1. The predicted molar refractivity (Wildman–Crippen MR) is 138 cm³/mol. The Morgan fingerprint density at radius 2 is 1.80 bits per heavy atom. The van der Waals surface area contributed by atoms with Crippen molar-refractivity contribution in [3.8, 4) is 11.5 Å². The van der Waals surface area contributed by atoms with Gasteiger partial charge in [-0.3, -0.25) is 14.5 Å². The average Bonchev–Trinajstić information content (AvgIpc) is 3.58. The third-order valence-electron chi connectivity index (χ3n) is 5.54. The number of aliphatic hydroxyl groups excluding tert-OH is 1. The Morgan fingerprint density at radius 3 is 2.51 bits per heavy atom. The fraction of sp³-hybridized carbons (Fsp3) is 0.192. The molecule has 1 saturated heterocycles. The molecule has 0 aliphatic carbocycles. The first-order valence-electron chi connectivity index (χ1n) is 11.1. The van der Waals surface area contributed by atoms with Crippen molar-refractivity contribution in [2.45, 2.75) is 19.9 Å². The number of Topliss-reactive ketones (excluding diaryl/α,β-unsaturated/α-hetero) is 1. The first-order chi connectivity index (χ1) is 17.0. The molecule has 1 amide bonds. The summed E-state index contributed by atoms with van der Waals surface area (Å²) in [5.41, 5.74) is 1.13. The minimum atomic E-state index is -0.794. The zero-order valence-electron chi connectivity index (χ0n) is 19.1. The van der Waals surface area contributed by atoms with Gasteiger partial charge in [0, 0.05) is 10.4 Å². The molecule has 1 unspecified atom stereocenters. The summed E-state index contributed by atoms with van der Waals surface area (Å²) in [5.74, 6) is -0.450. The van der Waals surface area contributed by atoms with Gasteiger partial charge in [-0.25, -0.2) is 4.98 Å². The van der Waals surface area contributed by atoms with E-state index in [0.717, 1.165) is 9.58 Å². The fourth-order valence-electron chi connectivity index (χ4n) is 4.05. The smallest absolute Gasteiger partial charge is 0.301 e. The number of anilines is 1. The van der Waals surface area contributed by atoms with Crippen LogP contribution in [0, 0.1) is 0 Å². The van der Waals surface area contributed by atoms with E-state index in [1.807, 2.05) is 49.6 Å². The van der Waals surface area contributed by atoms with Crippen molar-refractivity contribution in [2.24, 2.45) is 0 Å². The summed E-state index contributed by atoms with van der Waals surface area (Å²) in [4.78, 5) is 33.4. The van der Waals surface area contributed by atoms with Gasteiger partial charge in [0.15, 0.2) is 5.13 Å². The third kappa shape index (κ3) is 4.17. The lowest BCUT2D eigenvalue weighted by atomic mass is 10.00. The standard InChI is InChI=1S/C26H22N2O5S2/c1-3-32-16-8-5-7-15(13-16)23(29)21-22(19-9-6-12-34-19)28(25(31)24(21)30)26-27-18-11-10-17(33-4-2)14-20(18)35-26/h5-14,22,29H,3-4H2,1-2H3/b23-21+. The lowest BCUT2D eigenvalue weighted by Gasteiger charge is -2.21. The Kier molecular flexibility index (Phi) is 6.27. The maximum atomic E-state index is 13.3. The van der Waals surface area contributed by atoms with Crippen LogP contribution in [-0.4, -0.2) is 35.0 Å². The maximum Gasteiger partial charge on any atom is 0.301 e. The molecule has 9 heteroatoms. The van der Waals surface area contributed by atoms with E-state index in [9.17, 15) is 14.7 Å². The molecule has 7 nitrogen and oxygen atoms in total. The van der Waals surface area contributed by atoms with E-state index in [2.05, 4.69) is 4.98 Å². The maximum absolute atomic E-state index is 13.3. The number of thiophene rings is 1. The minimum absolute atomic E-state index is 0.0281. The minimum Gasteiger partial charge on any atom is -0.507 e. The molecule has 0 radical (unpaired) electrons. The van der Waals surface area contributed by atoms with Crippen LogP contribution < -0.4 is 14.4 Å². The lowest BCUT2D eigenvalue weighted by Crippen LogP contribution is -2.28. The molecule has 0 saturated carbocycles. The number of thiazole rings is 1. The Morgan fingerprint density at radius 1 is 1.03 bits per heavy atom. The molecule has 2 aromatic carbocycles. The van der Waals surface area contributed by atoms with Gasteiger partial charge in [0.25, 0.3) is 5.78 Å². The number of hydrogen-bond acceptors (Lipinski definition) is 8. The molecule has 4 aromatic rings. The summed E-state index contributed by atoms with van der Waals surface area (Å²) >= 11 is 2.71. The Bertz CT molecular complexity index is 1440. The van der Waals surface area contributed by atoms with Gasteiger partial charge >= 0.3 is 5.91 Å².